The number of carbonyl (C=O) groups excluding carboxylic acids is 2. The molecule has 0 radical (unpaired) electrons. The third-order valence-corrected chi connectivity index (χ3v) is 16.5. The molecule has 0 aliphatic heterocycles. The number of carbonyl (C=O) groups is 2. The molecule has 0 atom stereocenters. The summed E-state index contributed by atoms with van der Waals surface area (Å²) in [7, 11) is 2.65. The van der Waals surface area contributed by atoms with Crippen LogP contribution in [0.2, 0.25) is 0 Å². The average Bonchev–Trinajstić information content (AvgIpc) is 1.88. The highest BCUT2D eigenvalue weighted by Gasteiger charge is 2.32. The minimum atomic E-state index is -0.513. The van der Waals surface area contributed by atoms with E-state index in [9.17, 15) is 14.9 Å². The molecule has 3 aromatic heterocycles. The van der Waals surface area contributed by atoms with E-state index in [1.54, 1.807) is 72.8 Å². The van der Waals surface area contributed by atoms with E-state index in [0.29, 0.717) is 112 Å². The number of ether oxygens (including phenoxy) is 8. The van der Waals surface area contributed by atoms with Crippen LogP contribution in [0.25, 0.3) is 52.8 Å². The van der Waals surface area contributed by atoms with E-state index < -0.39 is 11.9 Å². The highest BCUT2D eigenvalue weighted by Crippen LogP contribution is 2.58. The van der Waals surface area contributed by atoms with Crippen LogP contribution in [-0.2, 0) is 9.47 Å². The van der Waals surface area contributed by atoms with Crippen molar-refractivity contribution in [2.75, 3.05) is 14.2 Å². The molecule has 0 amide bonds. The summed E-state index contributed by atoms with van der Waals surface area (Å²) in [4.78, 5) is 28.6. The molecule has 0 saturated heterocycles. The van der Waals surface area contributed by atoms with Gasteiger partial charge in [-0.3, -0.25) is 0 Å². The molecule has 0 aliphatic rings. The van der Waals surface area contributed by atoms with Crippen LogP contribution in [0.15, 0.2) is 206 Å². The number of aromatic nitrogens is 2. The third-order valence-electron chi connectivity index (χ3n) is 13.7. The van der Waals surface area contributed by atoms with Crippen LogP contribution in [0.4, 0.5) is 0 Å². The molecule has 0 N–H and O–H groups in total. The number of benzene rings is 9. The molecule has 13 nitrogen and oxygen atoms in total. The fourth-order valence-electron chi connectivity index (χ4n) is 9.39. The maximum absolute atomic E-state index is 12.8. The van der Waals surface area contributed by atoms with Gasteiger partial charge in [-0.2, -0.15) is 14.0 Å². The van der Waals surface area contributed by atoms with Crippen LogP contribution in [0, 0.1) is 32.1 Å². The van der Waals surface area contributed by atoms with Crippen molar-refractivity contribution in [2.24, 2.45) is 0 Å². The molecule has 16 heteroatoms. The minimum absolute atomic E-state index is 0.260. The Balaban J connectivity index is 1.07. The quantitative estimate of drug-likeness (QED) is 0.0748. The van der Waals surface area contributed by atoms with Gasteiger partial charge >= 0.3 is 11.9 Å². The maximum atomic E-state index is 12.8. The standard InChI is InChI=1S/C70H49N3O10S3/c1-41-12-24-47(25-13-41)78-53-8-6-9-54(79-48-26-14-42(2)15-27-48)61(53)57-36-38-59(84-57)63-65-66(73-86-72-65)64(68(83-52-34-22-46(23-35-52)70(75)77-5)67(63)82-51-32-20-45(21-33-51)69(74)76-4)60-39-37-58(85-60)62-55(80-49-28-16-43(3)17-29-49)10-7-11-56(62)81-50-30-18-44(40-71)19-31-50/h6-39H,1-5H3. The zero-order valence-electron chi connectivity index (χ0n) is 46.8. The first-order chi connectivity index (χ1) is 42.0. The van der Waals surface area contributed by atoms with Gasteiger partial charge in [0.15, 0.2) is 11.5 Å². The van der Waals surface area contributed by atoms with Gasteiger partial charge in [0, 0.05) is 19.5 Å². The number of hydrogen-bond donors (Lipinski definition) is 0. The van der Waals surface area contributed by atoms with Crippen molar-refractivity contribution in [1.29, 1.82) is 5.26 Å². The Hall–Kier alpha value is -10.6. The second-order valence-corrected chi connectivity index (χ2v) is 22.4. The predicted octanol–water partition coefficient (Wildman–Crippen LogP) is 19.6. The van der Waals surface area contributed by atoms with E-state index in [4.69, 9.17) is 46.6 Å². The van der Waals surface area contributed by atoms with Crippen LogP contribution < -0.4 is 28.4 Å². The Morgan fingerprint density at radius 3 is 0.977 bits per heavy atom. The van der Waals surface area contributed by atoms with Crippen LogP contribution in [-0.4, -0.2) is 34.9 Å². The molecule has 0 aliphatic carbocycles. The van der Waals surface area contributed by atoms with Crippen LogP contribution in [0.1, 0.15) is 43.0 Å². The van der Waals surface area contributed by atoms with Crippen LogP contribution >= 0.6 is 34.4 Å². The summed E-state index contributed by atoms with van der Waals surface area (Å²) in [5, 5.41) is 9.58. The lowest BCUT2D eigenvalue weighted by Gasteiger charge is -2.20. The number of methoxy groups -OCH3 is 2. The first-order valence-electron chi connectivity index (χ1n) is 26.9. The van der Waals surface area contributed by atoms with E-state index >= 15 is 0 Å². The van der Waals surface area contributed by atoms with E-state index in [1.165, 1.54) is 36.9 Å². The van der Waals surface area contributed by atoms with Gasteiger partial charge in [-0.05, 0) is 178 Å². The number of nitriles is 1. The SMILES string of the molecule is COC(=O)c1ccc(Oc2c(Oc3ccc(C(=O)OC)cc3)c(-c3ccc(-c4c(Oc5ccc(C)cc5)cccc4Oc4ccc(C#N)cc4)s3)c3nsnc3c2-c2ccc(-c3c(Oc4ccc(C)cc4)cccc3Oc3ccc(C)cc3)s2)cc1. The highest BCUT2D eigenvalue weighted by atomic mass is 32.1. The Morgan fingerprint density at radius 1 is 0.372 bits per heavy atom. The van der Waals surface area contributed by atoms with Crippen molar-refractivity contribution in [2.45, 2.75) is 20.8 Å². The number of thiophene rings is 2. The zero-order chi connectivity index (χ0) is 59.3. The monoisotopic (exact) mass is 1190 g/mol. The van der Waals surface area contributed by atoms with Crippen molar-refractivity contribution in [3.63, 3.8) is 0 Å². The van der Waals surface area contributed by atoms with Gasteiger partial charge in [0.2, 0.25) is 0 Å². The first kappa shape index (κ1) is 55.9. The summed E-state index contributed by atoms with van der Waals surface area (Å²) in [6, 6.07) is 65.2. The Bertz CT molecular complexity index is 4430. The molecular formula is C70H49N3O10S3. The molecule has 0 bridgehead atoms. The average molecular weight is 1190 g/mol. The third kappa shape index (κ3) is 12.0. The van der Waals surface area contributed by atoms with E-state index in [1.807, 2.05) is 154 Å². The second kappa shape index (κ2) is 24.7. The molecule has 0 spiro atoms. The van der Waals surface area contributed by atoms with E-state index in [2.05, 4.69) is 6.07 Å². The molecule has 9 aromatic carbocycles. The van der Waals surface area contributed by atoms with Gasteiger partial charge < -0.3 is 37.9 Å². The smallest absolute Gasteiger partial charge is 0.337 e. The van der Waals surface area contributed by atoms with Crippen LogP contribution in [0.5, 0.6) is 69.0 Å². The lowest BCUT2D eigenvalue weighted by Crippen LogP contribution is -2.01. The molecule has 0 saturated carbocycles. The van der Waals surface area contributed by atoms with Gasteiger partial charge in [-0.15, -0.1) is 22.7 Å². The summed E-state index contributed by atoms with van der Waals surface area (Å²) in [5.74, 6) is 4.81. The van der Waals surface area contributed by atoms with Gasteiger partial charge in [0.05, 0.1) is 71.0 Å². The number of hydrogen-bond acceptors (Lipinski definition) is 16. The summed E-state index contributed by atoms with van der Waals surface area (Å²) >= 11 is 3.95. The lowest BCUT2D eigenvalue weighted by atomic mass is 10.0. The van der Waals surface area contributed by atoms with Crippen LogP contribution in [0.3, 0.4) is 0 Å². The molecule has 0 fully saturated rings. The molecule has 422 valence electrons. The topological polar surface area (TPSA) is 158 Å². The first-order valence-corrected chi connectivity index (χ1v) is 29.3. The normalized spacial score (nSPS) is 10.9. The van der Waals surface area contributed by atoms with Crippen molar-refractivity contribution in [3.05, 3.63) is 240 Å². The van der Waals surface area contributed by atoms with Gasteiger partial charge in [0.1, 0.15) is 68.5 Å². The molecule has 86 heavy (non-hydrogen) atoms. The highest BCUT2D eigenvalue weighted by molar-refractivity contribution is 7.19. The number of aryl methyl sites for hydroxylation is 3. The van der Waals surface area contributed by atoms with Crippen molar-refractivity contribution >= 4 is 57.4 Å². The second-order valence-electron chi connectivity index (χ2n) is 19.7. The van der Waals surface area contributed by atoms with Crippen molar-refractivity contribution in [1.82, 2.24) is 8.75 Å². The number of fused-ring (bicyclic) bond motifs is 1. The lowest BCUT2D eigenvalue weighted by molar-refractivity contribution is 0.0592. The summed E-state index contributed by atoms with van der Waals surface area (Å²) in [6.07, 6.45) is 0. The Morgan fingerprint density at radius 2 is 0.663 bits per heavy atom. The number of esters is 2. The van der Waals surface area contributed by atoms with Gasteiger partial charge in [0.25, 0.3) is 0 Å². The van der Waals surface area contributed by atoms with E-state index in [0.717, 1.165) is 43.0 Å². The molecule has 3 heterocycles. The van der Waals surface area contributed by atoms with Crippen molar-refractivity contribution in [3.8, 4) is 117 Å². The minimum Gasteiger partial charge on any atom is -0.465 e. The number of rotatable bonds is 18. The maximum Gasteiger partial charge on any atom is 0.337 e. The Kier molecular flexibility index (Phi) is 16.1. The Labute approximate surface area is 507 Å². The largest absolute Gasteiger partial charge is 0.465 e. The fourth-order valence-corrected chi connectivity index (χ4v) is 12.2. The predicted molar refractivity (Wildman–Crippen MR) is 336 cm³/mol. The summed E-state index contributed by atoms with van der Waals surface area (Å²) in [6.45, 7) is 6.07. The summed E-state index contributed by atoms with van der Waals surface area (Å²) < 4.78 is 61.3. The summed E-state index contributed by atoms with van der Waals surface area (Å²) in [5.41, 5.74) is 7.88. The number of nitrogens with zero attached hydrogens (tertiary/aromatic N) is 3. The molecular weight excluding hydrogens is 1140 g/mol. The molecule has 0 unspecified atom stereocenters. The van der Waals surface area contributed by atoms with Crippen molar-refractivity contribution < 1.29 is 47.5 Å². The van der Waals surface area contributed by atoms with E-state index in [-0.39, 0.29) is 11.5 Å². The van der Waals surface area contributed by atoms with Gasteiger partial charge in [-0.1, -0.05) is 65.2 Å². The molecule has 12 aromatic rings. The molecule has 12 rings (SSSR count). The fraction of sp³-hybridized carbons (Fsp3) is 0.0714. The zero-order valence-corrected chi connectivity index (χ0v) is 49.2. The van der Waals surface area contributed by atoms with Gasteiger partial charge in [-0.25, -0.2) is 9.59 Å².